The predicted octanol–water partition coefficient (Wildman–Crippen LogP) is 3.91. The summed E-state index contributed by atoms with van der Waals surface area (Å²) in [5.74, 6) is -1.80. The molecule has 1 aromatic rings. The van der Waals surface area contributed by atoms with Crippen LogP contribution in [0.1, 0.15) is 79.2 Å². The van der Waals surface area contributed by atoms with Crippen molar-refractivity contribution in [2.24, 2.45) is 17.6 Å². The van der Waals surface area contributed by atoms with Gasteiger partial charge in [0.15, 0.2) is 5.78 Å². The lowest BCUT2D eigenvalue weighted by atomic mass is 9.89. The number of nitrogens with one attached hydrogen (secondary N) is 3. The fourth-order valence-corrected chi connectivity index (χ4v) is 4.44. The van der Waals surface area contributed by atoms with Crippen molar-refractivity contribution in [3.63, 3.8) is 0 Å². The lowest BCUT2D eigenvalue weighted by molar-refractivity contribution is -0.131. The van der Waals surface area contributed by atoms with Crippen LogP contribution in [0.15, 0.2) is 24.3 Å². The lowest BCUT2D eigenvalue weighted by Gasteiger charge is -2.33. The van der Waals surface area contributed by atoms with Gasteiger partial charge < -0.3 is 36.1 Å². The number of anilines is 1. The zero-order valence-electron chi connectivity index (χ0n) is 29.6. The van der Waals surface area contributed by atoms with Gasteiger partial charge in [-0.05, 0) is 70.7 Å². The molecule has 1 aromatic carbocycles. The third-order valence-corrected chi connectivity index (χ3v) is 7.81. The first-order valence-corrected chi connectivity index (χ1v) is 16.5. The summed E-state index contributed by atoms with van der Waals surface area (Å²) in [6.45, 7) is 14.4. The van der Waals surface area contributed by atoms with Crippen LogP contribution < -0.4 is 21.7 Å². The molecule has 0 saturated heterocycles. The number of rotatable bonds is 21. The van der Waals surface area contributed by atoms with Crippen LogP contribution in [0.5, 0.6) is 0 Å². The number of nitrogens with two attached hydrogens (primary N) is 1. The zero-order valence-corrected chi connectivity index (χ0v) is 29.6. The Hall–Kier alpha value is -3.71. The van der Waals surface area contributed by atoms with Gasteiger partial charge >= 0.3 is 12.1 Å². The van der Waals surface area contributed by atoms with Crippen LogP contribution in [0.3, 0.4) is 0 Å². The molecule has 47 heavy (non-hydrogen) atoms. The van der Waals surface area contributed by atoms with Crippen LogP contribution in [0.2, 0.25) is 0 Å². The molecule has 0 aromatic heterocycles. The molecule has 0 heterocycles. The van der Waals surface area contributed by atoms with E-state index >= 15 is 0 Å². The molecule has 13 heteroatoms. The Bertz CT molecular complexity index is 1140. The number of nitrogens with zero attached hydrogens (tertiary/aromatic N) is 2. The molecule has 0 aliphatic rings. The summed E-state index contributed by atoms with van der Waals surface area (Å²) in [5, 5.41) is 8.17. The molecule has 2 atom stereocenters. The summed E-state index contributed by atoms with van der Waals surface area (Å²) in [4.78, 5) is 66.5. The fraction of sp³-hybridized carbons (Fsp3) is 0.676. The molecule has 0 aliphatic carbocycles. The molecule has 5 amide bonds. The van der Waals surface area contributed by atoms with Gasteiger partial charge in [-0.2, -0.15) is 0 Å². The Balaban J connectivity index is 2.82. The Morgan fingerprint density at radius 1 is 0.979 bits per heavy atom. The number of likely N-dealkylation sites (N-methyl/N-ethyl adjacent to an activating group) is 2. The Labute approximate surface area is 280 Å². The van der Waals surface area contributed by atoms with E-state index in [1.807, 2.05) is 27.8 Å². The van der Waals surface area contributed by atoms with E-state index in [1.54, 1.807) is 31.3 Å². The minimum Gasteiger partial charge on any atom is -0.445 e. The number of urea groups is 1. The van der Waals surface area contributed by atoms with Gasteiger partial charge in [-0.3, -0.25) is 19.3 Å². The highest BCUT2D eigenvalue weighted by Crippen LogP contribution is 2.20. The average molecular weight is 663 g/mol. The molecule has 0 radical (unpaired) electrons. The molecule has 0 unspecified atom stereocenters. The minimum atomic E-state index is -0.756. The maximum atomic E-state index is 13.4. The number of primary amides is 1. The normalized spacial score (nSPS) is 12.7. The summed E-state index contributed by atoms with van der Waals surface area (Å²) in [6, 6.07) is 5.48. The second kappa shape index (κ2) is 21.2. The van der Waals surface area contributed by atoms with Crippen molar-refractivity contribution < 1.29 is 33.4 Å². The van der Waals surface area contributed by atoms with Gasteiger partial charge in [0, 0.05) is 63.3 Å². The smallest absolute Gasteiger partial charge is 0.409 e. The maximum absolute atomic E-state index is 13.4. The van der Waals surface area contributed by atoms with Gasteiger partial charge in [0.05, 0.1) is 12.6 Å². The molecule has 0 saturated carbocycles. The Morgan fingerprint density at radius 2 is 1.64 bits per heavy atom. The molecular formula is C34H58N6O7. The van der Waals surface area contributed by atoms with E-state index in [0.717, 1.165) is 12.0 Å². The van der Waals surface area contributed by atoms with Crippen LogP contribution in [-0.4, -0.2) is 98.0 Å². The number of benzene rings is 1. The number of Topliss-reactive ketones (excluding diaryl/α,β-unsaturated/α-hetero) is 1. The Kier molecular flexibility index (Phi) is 18.7. The summed E-state index contributed by atoms with van der Waals surface area (Å²) < 4.78 is 10.8. The molecular weight excluding hydrogens is 604 g/mol. The van der Waals surface area contributed by atoms with E-state index in [9.17, 15) is 24.0 Å². The van der Waals surface area contributed by atoms with Crippen LogP contribution >= 0.6 is 0 Å². The van der Waals surface area contributed by atoms with E-state index in [1.165, 1.54) is 4.90 Å². The van der Waals surface area contributed by atoms with Gasteiger partial charge in [0.2, 0.25) is 11.8 Å². The number of carbonyl (C=O) groups excluding carboxylic acids is 5. The van der Waals surface area contributed by atoms with Gasteiger partial charge in [-0.15, -0.1) is 0 Å². The highest BCUT2D eigenvalue weighted by Gasteiger charge is 2.29. The number of hydrogen-bond donors (Lipinski definition) is 4. The molecule has 0 aliphatic heterocycles. The summed E-state index contributed by atoms with van der Waals surface area (Å²) in [5.41, 5.74) is 6.42. The summed E-state index contributed by atoms with van der Waals surface area (Å²) >= 11 is 0. The second-order valence-corrected chi connectivity index (χ2v) is 13.2. The molecule has 0 fully saturated rings. The van der Waals surface area contributed by atoms with E-state index in [2.05, 4.69) is 41.6 Å². The van der Waals surface area contributed by atoms with Gasteiger partial charge in [-0.25, -0.2) is 9.59 Å². The van der Waals surface area contributed by atoms with E-state index in [4.69, 9.17) is 15.2 Å². The second-order valence-electron chi connectivity index (χ2n) is 13.2. The first-order valence-electron chi connectivity index (χ1n) is 16.5. The molecule has 5 N–H and O–H groups in total. The third kappa shape index (κ3) is 17.1. The van der Waals surface area contributed by atoms with Crippen LogP contribution in [0, 0.1) is 11.8 Å². The van der Waals surface area contributed by atoms with Crippen molar-refractivity contribution in [2.75, 3.05) is 52.3 Å². The summed E-state index contributed by atoms with van der Waals surface area (Å²) in [7, 11) is 3.71. The van der Waals surface area contributed by atoms with Gasteiger partial charge in [0.1, 0.15) is 6.61 Å². The van der Waals surface area contributed by atoms with Crippen molar-refractivity contribution in [1.29, 1.82) is 0 Å². The van der Waals surface area contributed by atoms with E-state index < -0.39 is 24.1 Å². The molecule has 0 bridgehead atoms. The van der Waals surface area contributed by atoms with Crippen molar-refractivity contribution in [1.82, 2.24) is 20.4 Å². The zero-order chi connectivity index (χ0) is 35.6. The SMILES string of the molecule is CCCOCCC(=O)N[C@H](C(=O)C[C@@H](CCCNC(N)=O)C(=O)Nc1ccc(COC(=O)N(C)CCN(C)C(C)(C)C)cc1)C(C)C. The predicted molar refractivity (Wildman–Crippen MR) is 183 cm³/mol. The number of hydrogen-bond acceptors (Lipinski definition) is 8. The van der Waals surface area contributed by atoms with Crippen LogP contribution in [0.25, 0.3) is 0 Å². The monoisotopic (exact) mass is 662 g/mol. The lowest BCUT2D eigenvalue weighted by Crippen LogP contribution is -2.45. The molecule has 0 spiro atoms. The third-order valence-electron chi connectivity index (χ3n) is 7.81. The minimum absolute atomic E-state index is 0.00282. The number of carbonyl (C=O) groups is 5. The molecule has 1 rings (SSSR count). The summed E-state index contributed by atoms with van der Waals surface area (Å²) in [6.07, 6.45) is 1.21. The van der Waals surface area contributed by atoms with Gasteiger partial charge in [-0.1, -0.05) is 32.9 Å². The van der Waals surface area contributed by atoms with Crippen molar-refractivity contribution in [3.05, 3.63) is 29.8 Å². The average Bonchev–Trinajstić information content (AvgIpc) is 3.00. The standard InChI is InChI=1S/C34H58N6O7/c1-9-20-46-21-16-29(42)38-30(24(2)3)28(41)22-26(11-10-17-36-32(35)44)31(43)37-27-14-12-25(13-15-27)23-47-33(45)39(7)18-19-40(8)34(4,5)6/h12-15,24,26,30H,9-11,16-23H2,1-8H3,(H,37,43)(H,38,42)(H3,35,36,44)/t26-,30+/m1/s1. The first-order chi connectivity index (χ1) is 22.0. The van der Waals surface area contributed by atoms with E-state index in [-0.39, 0.29) is 61.7 Å². The molecule has 13 nitrogen and oxygen atoms in total. The maximum Gasteiger partial charge on any atom is 0.409 e. The fourth-order valence-electron chi connectivity index (χ4n) is 4.44. The van der Waals surface area contributed by atoms with Crippen molar-refractivity contribution in [2.45, 2.75) is 91.8 Å². The number of ether oxygens (including phenoxy) is 2. The van der Waals surface area contributed by atoms with Crippen molar-refractivity contribution in [3.8, 4) is 0 Å². The van der Waals surface area contributed by atoms with Gasteiger partial charge in [0.25, 0.3) is 0 Å². The number of ketones is 1. The highest BCUT2D eigenvalue weighted by atomic mass is 16.6. The largest absolute Gasteiger partial charge is 0.445 e. The van der Waals surface area contributed by atoms with Crippen LogP contribution in [-0.2, 0) is 30.5 Å². The topological polar surface area (TPSA) is 172 Å². The Morgan fingerprint density at radius 3 is 2.21 bits per heavy atom. The highest BCUT2D eigenvalue weighted by molar-refractivity contribution is 5.97. The number of amides is 5. The quantitative estimate of drug-likeness (QED) is 0.144. The van der Waals surface area contributed by atoms with Crippen LogP contribution in [0.4, 0.5) is 15.3 Å². The van der Waals surface area contributed by atoms with Crippen molar-refractivity contribution >= 4 is 35.4 Å². The first kappa shape index (κ1) is 41.3. The van der Waals surface area contributed by atoms with E-state index in [0.29, 0.717) is 38.2 Å². The molecule has 266 valence electrons.